The van der Waals surface area contributed by atoms with Gasteiger partial charge < -0.3 is 14.2 Å². The van der Waals surface area contributed by atoms with E-state index in [0.29, 0.717) is 23.5 Å². The minimum Gasteiger partial charge on any atom is -0.496 e. The van der Waals surface area contributed by atoms with Crippen LogP contribution in [0.1, 0.15) is 22.8 Å². The monoisotopic (exact) mass is 264 g/mol. The number of hydrogen-bond donors (Lipinski definition) is 0. The molecule has 1 aromatic rings. The second-order valence-corrected chi connectivity index (χ2v) is 3.53. The SMILES string of the molecule is CCOC(=O)C=Cc1ccc(C(=O)OC)cc1OC. The van der Waals surface area contributed by atoms with Crippen LogP contribution in [0.5, 0.6) is 5.75 Å². The summed E-state index contributed by atoms with van der Waals surface area (Å²) < 4.78 is 14.6. The van der Waals surface area contributed by atoms with Gasteiger partial charge in [-0.3, -0.25) is 0 Å². The molecule has 0 bridgehead atoms. The van der Waals surface area contributed by atoms with Crippen LogP contribution in [-0.2, 0) is 14.3 Å². The molecule has 0 atom stereocenters. The third-order valence-corrected chi connectivity index (χ3v) is 2.34. The number of carbonyl (C=O) groups is 2. The number of rotatable bonds is 5. The molecule has 0 heterocycles. The van der Waals surface area contributed by atoms with Gasteiger partial charge >= 0.3 is 11.9 Å². The Morgan fingerprint density at radius 3 is 2.58 bits per heavy atom. The molecule has 5 heteroatoms. The van der Waals surface area contributed by atoms with Gasteiger partial charge in [0.25, 0.3) is 0 Å². The lowest BCUT2D eigenvalue weighted by molar-refractivity contribution is -0.137. The van der Waals surface area contributed by atoms with Crippen molar-refractivity contribution >= 4 is 18.0 Å². The Balaban J connectivity index is 2.96. The maximum atomic E-state index is 11.4. The molecule has 0 aromatic heterocycles. The maximum Gasteiger partial charge on any atom is 0.337 e. The molecular formula is C14H16O5. The summed E-state index contributed by atoms with van der Waals surface area (Å²) >= 11 is 0. The minimum atomic E-state index is -0.445. The summed E-state index contributed by atoms with van der Waals surface area (Å²) in [6.07, 6.45) is 2.87. The summed E-state index contributed by atoms with van der Waals surface area (Å²) in [4.78, 5) is 22.6. The van der Waals surface area contributed by atoms with Crippen molar-refractivity contribution in [2.24, 2.45) is 0 Å². The van der Waals surface area contributed by atoms with Crippen molar-refractivity contribution in [2.75, 3.05) is 20.8 Å². The van der Waals surface area contributed by atoms with Gasteiger partial charge in [-0.05, 0) is 25.1 Å². The van der Waals surface area contributed by atoms with Crippen LogP contribution in [0, 0.1) is 0 Å². The van der Waals surface area contributed by atoms with Crippen LogP contribution < -0.4 is 4.74 Å². The van der Waals surface area contributed by atoms with Gasteiger partial charge in [-0.25, -0.2) is 9.59 Å². The van der Waals surface area contributed by atoms with Crippen molar-refractivity contribution in [3.63, 3.8) is 0 Å². The van der Waals surface area contributed by atoms with Crippen LogP contribution in [0.2, 0.25) is 0 Å². The van der Waals surface area contributed by atoms with Gasteiger partial charge in [0, 0.05) is 11.6 Å². The van der Waals surface area contributed by atoms with E-state index in [1.165, 1.54) is 20.3 Å². The highest BCUT2D eigenvalue weighted by molar-refractivity contribution is 5.91. The van der Waals surface area contributed by atoms with E-state index in [4.69, 9.17) is 9.47 Å². The summed E-state index contributed by atoms with van der Waals surface area (Å²) in [5, 5.41) is 0. The van der Waals surface area contributed by atoms with Crippen LogP contribution in [-0.4, -0.2) is 32.8 Å². The summed E-state index contributed by atoms with van der Waals surface area (Å²) in [5.74, 6) is -0.399. The lowest BCUT2D eigenvalue weighted by Crippen LogP contribution is -2.02. The molecule has 102 valence electrons. The lowest BCUT2D eigenvalue weighted by Gasteiger charge is -2.07. The normalized spacial score (nSPS) is 10.3. The van der Waals surface area contributed by atoms with Gasteiger partial charge in [0.15, 0.2) is 0 Å². The highest BCUT2D eigenvalue weighted by Crippen LogP contribution is 2.22. The molecule has 0 saturated carbocycles. The van der Waals surface area contributed by atoms with Crippen LogP contribution in [0.4, 0.5) is 0 Å². The first kappa shape index (κ1) is 14.8. The van der Waals surface area contributed by atoms with Gasteiger partial charge in [0.05, 0.1) is 26.4 Å². The highest BCUT2D eigenvalue weighted by Gasteiger charge is 2.09. The first-order valence-electron chi connectivity index (χ1n) is 5.73. The smallest absolute Gasteiger partial charge is 0.337 e. The average molecular weight is 264 g/mol. The number of carbonyl (C=O) groups excluding carboxylic acids is 2. The first-order valence-corrected chi connectivity index (χ1v) is 5.73. The van der Waals surface area contributed by atoms with Gasteiger partial charge in [-0.1, -0.05) is 6.07 Å². The maximum absolute atomic E-state index is 11.4. The average Bonchev–Trinajstić information content (AvgIpc) is 2.44. The lowest BCUT2D eigenvalue weighted by atomic mass is 10.1. The van der Waals surface area contributed by atoms with Crippen molar-refractivity contribution in [3.05, 3.63) is 35.4 Å². The zero-order valence-corrected chi connectivity index (χ0v) is 11.1. The Morgan fingerprint density at radius 2 is 2.00 bits per heavy atom. The van der Waals surface area contributed by atoms with E-state index in [0.717, 1.165) is 0 Å². The fourth-order valence-electron chi connectivity index (χ4n) is 1.44. The molecule has 5 nitrogen and oxygen atoms in total. The molecule has 0 unspecified atom stereocenters. The van der Waals surface area contributed by atoms with Crippen LogP contribution >= 0.6 is 0 Å². The second kappa shape index (κ2) is 7.20. The Bertz CT molecular complexity index is 491. The van der Waals surface area contributed by atoms with Gasteiger partial charge in [-0.15, -0.1) is 0 Å². The molecule has 0 N–H and O–H groups in total. The number of benzene rings is 1. The first-order chi connectivity index (χ1) is 9.12. The molecule has 0 aliphatic carbocycles. The van der Waals surface area contributed by atoms with Crippen molar-refractivity contribution in [1.29, 1.82) is 0 Å². The molecule has 0 radical (unpaired) electrons. The van der Waals surface area contributed by atoms with Crippen LogP contribution in [0.3, 0.4) is 0 Å². The summed E-state index contributed by atoms with van der Waals surface area (Å²) in [6.45, 7) is 2.05. The summed E-state index contributed by atoms with van der Waals surface area (Å²) in [6, 6.07) is 4.82. The van der Waals surface area contributed by atoms with E-state index in [1.807, 2.05) is 0 Å². The molecule has 0 aliphatic rings. The third kappa shape index (κ3) is 4.13. The number of esters is 2. The molecule has 0 spiro atoms. The predicted octanol–water partition coefficient (Wildman–Crippen LogP) is 2.06. The third-order valence-electron chi connectivity index (χ3n) is 2.34. The number of ether oxygens (including phenoxy) is 3. The van der Waals surface area contributed by atoms with E-state index in [2.05, 4.69) is 4.74 Å². The van der Waals surface area contributed by atoms with E-state index >= 15 is 0 Å². The van der Waals surface area contributed by atoms with E-state index in [9.17, 15) is 9.59 Å². The highest BCUT2D eigenvalue weighted by atomic mass is 16.5. The molecular weight excluding hydrogens is 248 g/mol. The fourth-order valence-corrected chi connectivity index (χ4v) is 1.44. The van der Waals surface area contributed by atoms with Gasteiger partial charge in [0.2, 0.25) is 0 Å². The van der Waals surface area contributed by atoms with E-state index in [-0.39, 0.29) is 0 Å². The molecule has 1 rings (SSSR count). The summed E-state index contributed by atoms with van der Waals surface area (Å²) in [5.41, 5.74) is 1.05. The van der Waals surface area contributed by atoms with Crippen LogP contribution in [0.15, 0.2) is 24.3 Å². The summed E-state index contributed by atoms with van der Waals surface area (Å²) in [7, 11) is 2.79. The Morgan fingerprint density at radius 1 is 1.26 bits per heavy atom. The molecule has 19 heavy (non-hydrogen) atoms. The van der Waals surface area contributed by atoms with Crippen molar-refractivity contribution in [1.82, 2.24) is 0 Å². The van der Waals surface area contributed by atoms with E-state index in [1.54, 1.807) is 31.2 Å². The number of hydrogen-bond acceptors (Lipinski definition) is 5. The molecule has 1 aromatic carbocycles. The van der Waals surface area contributed by atoms with Gasteiger partial charge in [-0.2, -0.15) is 0 Å². The zero-order chi connectivity index (χ0) is 14.3. The Labute approximate surface area is 111 Å². The minimum absolute atomic E-state index is 0.321. The van der Waals surface area contributed by atoms with Crippen molar-refractivity contribution in [2.45, 2.75) is 6.92 Å². The van der Waals surface area contributed by atoms with Crippen molar-refractivity contribution < 1.29 is 23.8 Å². The standard InChI is InChI=1S/C14H16O5/c1-4-19-13(15)8-7-10-5-6-11(14(16)18-3)9-12(10)17-2/h5-9H,4H2,1-3H3. The number of methoxy groups -OCH3 is 2. The topological polar surface area (TPSA) is 61.8 Å². The quantitative estimate of drug-likeness (QED) is 0.601. The Kier molecular flexibility index (Phi) is 5.60. The largest absolute Gasteiger partial charge is 0.496 e. The van der Waals surface area contributed by atoms with Gasteiger partial charge in [0.1, 0.15) is 5.75 Å². The van der Waals surface area contributed by atoms with Crippen molar-refractivity contribution in [3.8, 4) is 5.75 Å². The molecule has 0 fully saturated rings. The predicted molar refractivity (Wildman–Crippen MR) is 70.0 cm³/mol. The van der Waals surface area contributed by atoms with Crippen LogP contribution in [0.25, 0.3) is 6.08 Å². The second-order valence-electron chi connectivity index (χ2n) is 3.53. The molecule has 0 saturated heterocycles. The fraction of sp³-hybridized carbons (Fsp3) is 0.286. The van der Waals surface area contributed by atoms with E-state index < -0.39 is 11.9 Å². The molecule has 0 amide bonds. The zero-order valence-electron chi connectivity index (χ0n) is 11.1. The Hall–Kier alpha value is -2.30. The molecule has 0 aliphatic heterocycles.